The van der Waals surface area contributed by atoms with Crippen molar-refractivity contribution in [2.75, 3.05) is 0 Å². The summed E-state index contributed by atoms with van der Waals surface area (Å²) in [6.45, 7) is 6.31. The van der Waals surface area contributed by atoms with Crippen molar-refractivity contribution in [3.63, 3.8) is 0 Å². The van der Waals surface area contributed by atoms with Gasteiger partial charge in [-0.1, -0.05) is 0 Å². The molecule has 0 spiro atoms. The number of nitrogens with zero attached hydrogens (tertiary/aromatic N) is 1. The highest BCUT2D eigenvalue weighted by Crippen LogP contribution is 2.46. The topological polar surface area (TPSA) is 74.7 Å². The van der Waals surface area contributed by atoms with Crippen LogP contribution in [0.15, 0.2) is 0 Å². The van der Waals surface area contributed by atoms with E-state index in [1.165, 1.54) is 0 Å². The van der Waals surface area contributed by atoms with Gasteiger partial charge in [0.15, 0.2) is 0 Å². The number of rotatable bonds is 2. The van der Waals surface area contributed by atoms with Crippen molar-refractivity contribution in [1.82, 2.24) is 4.31 Å². The molecule has 1 N–H and O–H groups in total. The smallest absolute Gasteiger partial charge is 0.421 e. The summed E-state index contributed by atoms with van der Waals surface area (Å²) in [6.07, 6.45) is -0.333. The Labute approximate surface area is 90.1 Å². The largest absolute Gasteiger partial charge is 0.464 e. The second kappa shape index (κ2) is 3.10. The summed E-state index contributed by atoms with van der Waals surface area (Å²) < 4.78 is 23.8. The summed E-state index contributed by atoms with van der Waals surface area (Å²) >= 11 is 0. The van der Waals surface area contributed by atoms with Gasteiger partial charge in [-0.15, -0.1) is 0 Å². The zero-order valence-corrected chi connectivity index (χ0v) is 10.3. The first kappa shape index (κ1) is 12.3. The molecule has 1 rings (SSSR count). The molecule has 0 aliphatic heterocycles. The molecule has 88 valence electrons. The van der Waals surface area contributed by atoms with Crippen LogP contribution in [-0.4, -0.2) is 34.2 Å². The van der Waals surface area contributed by atoms with Gasteiger partial charge in [0.25, 0.3) is 0 Å². The second-order valence-corrected chi connectivity index (χ2v) is 7.47. The molecule has 0 saturated heterocycles. The number of carboxylic acid groups (broad SMARTS) is 1. The molecule has 5 nitrogen and oxygen atoms in total. The Morgan fingerprint density at radius 2 is 1.73 bits per heavy atom. The van der Waals surface area contributed by atoms with Gasteiger partial charge in [-0.2, -0.15) is 4.31 Å². The minimum absolute atomic E-state index is 0.537. The van der Waals surface area contributed by atoms with E-state index in [4.69, 9.17) is 5.11 Å². The van der Waals surface area contributed by atoms with Crippen LogP contribution in [-0.2, 0) is 10.0 Å². The highest BCUT2D eigenvalue weighted by molar-refractivity contribution is 7.91. The summed E-state index contributed by atoms with van der Waals surface area (Å²) in [7, 11) is -3.75. The molecular weight excluding hydrogens is 218 g/mol. The monoisotopic (exact) mass is 235 g/mol. The number of sulfonamides is 1. The van der Waals surface area contributed by atoms with Gasteiger partial charge in [0.1, 0.15) is 0 Å². The summed E-state index contributed by atoms with van der Waals surface area (Å²) in [4.78, 5) is 11.0. The molecule has 0 radical (unpaired) electrons. The number of hydrogen-bond acceptors (Lipinski definition) is 3. The molecule has 0 aromatic carbocycles. The van der Waals surface area contributed by atoms with Crippen LogP contribution in [0.2, 0.25) is 0 Å². The molecule has 0 aromatic rings. The van der Waals surface area contributed by atoms with Crippen LogP contribution in [0.1, 0.15) is 40.5 Å². The van der Waals surface area contributed by atoms with E-state index in [0.717, 1.165) is 0 Å². The minimum Gasteiger partial charge on any atom is -0.464 e. The average molecular weight is 235 g/mol. The van der Waals surface area contributed by atoms with E-state index < -0.39 is 26.4 Å². The Morgan fingerprint density at radius 3 is 1.93 bits per heavy atom. The molecule has 15 heavy (non-hydrogen) atoms. The first-order valence-corrected chi connectivity index (χ1v) is 6.24. The van der Waals surface area contributed by atoms with Crippen LogP contribution in [0.25, 0.3) is 0 Å². The number of carbonyl (C=O) groups is 1. The normalized spacial score (nSPS) is 19.7. The quantitative estimate of drug-likeness (QED) is 0.789. The van der Waals surface area contributed by atoms with E-state index in [1.807, 2.05) is 0 Å². The molecule has 0 atom stereocenters. The van der Waals surface area contributed by atoms with Crippen molar-refractivity contribution in [2.24, 2.45) is 0 Å². The highest BCUT2D eigenvalue weighted by atomic mass is 32.2. The van der Waals surface area contributed by atoms with Crippen LogP contribution in [0.4, 0.5) is 4.79 Å². The average Bonchev–Trinajstić information content (AvgIpc) is 2.62. The fourth-order valence-electron chi connectivity index (χ4n) is 1.40. The Kier molecular flexibility index (Phi) is 2.54. The first-order chi connectivity index (χ1) is 6.52. The molecular formula is C9H17NO4S. The van der Waals surface area contributed by atoms with Crippen LogP contribution >= 0.6 is 0 Å². The van der Waals surface area contributed by atoms with Gasteiger partial charge < -0.3 is 5.11 Å². The fraction of sp³-hybridized carbons (Fsp3) is 0.889. The minimum atomic E-state index is -3.75. The predicted octanol–water partition coefficient (Wildman–Crippen LogP) is 1.65. The molecule has 0 aromatic heterocycles. The van der Waals surface area contributed by atoms with Crippen molar-refractivity contribution in [3.8, 4) is 0 Å². The second-order valence-electron chi connectivity index (χ2n) is 5.17. The lowest BCUT2D eigenvalue weighted by Gasteiger charge is -2.34. The lowest BCUT2D eigenvalue weighted by atomic mass is 10.1. The first-order valence-electron chi connectivity index (χ1n) is 4.80. The van der Waals surface area contributed by atoms with Gasteiger partial charge in [0.05, 0.1) is 10.3 Å². The van der Waals surface area contributed by atoms with E-state index in [-0.39, 0.29) is 0 Å². The Bertz CT molecular complexity index is 375. The van der Waals surface area contributed by atoms with E-state index in [1.54, 1.807) is 27.7 Å². The Hall–Kier alpha value is -0.780. The number of hydrogen-bond donors (Lipinski definition) is 1. The van der Waals surface area contributed by atoms with E-state index >= 15 is 0 Å². The standard InChI is InChI=1S/C9H17NO4S/c1-8(2,3)10(7(11)12)15(13,14)9(4)5-6-9/h5-6H2,1-4H3,(H,11,12). The fourth-order valence-corrected chi connectivity index (χ4v) is 3.39. The molecule has 1 saturated carbocycles. The molecule has 6 heteroatoms. The maximum atomic E-state index is 12.0. The maximum absolute atomic E-state index is 12.0. The predicted molar refractivity (Wildman–Crippen MR) is 56.2 cm³/mol. The van der Waals surface area contributed by atoms with Gasteiger partial charge in [-0.3, -0.25) is 0 Å². The van der Waals surface area contributed by atoms with E-state index in [0.29, 0.717) is 17.1 Å². The van der Waals surface area contributed by atoms with Crippen LogP contribution in [0.3, 0.4) is 0 Å². The summed E-state index contributed by atoms with van der Waals surface area (Å²) in [5.74, 6) is 0. The lowest BCUT2D eigenvalue weighted by molar-refractivity contribution is 0.145. The van der Waals surface area contributed by atoms with E-state index in [9.17, 15) is 13.2 Å². The zero-order chi connectivity index (χ0) is 12.1. The highest BCUT2D eigenvalue weighted by Gasteiger charge is 2.56. The van der Waals surface area contributed by atoms with Crippen molar-refractivity contribution < 1.29 is 18.3 Å². The van der Waals surface area contributed by atoms with Crippen molar-refractivity contribution in [1.29, 1.82) is 0 Å². The van der Waals surface area contributed by atoms with Gasteiger partial charge >= 0.3 is 6.09 Å². The third-order valence-electron chi connectivity index (χ3n) is 2.60. The third kappa shape index (κ3) is 1.95. The van der Waals surface area contributed by atoms with Crippen molar-refractivity contribution in [3.05, 3.63) is 0 Å². The number of amides is 1. The van der Waals surface area contributed by atoms with Crippen molar-refractivity contribution >= 4 is 16.1 Å². The SMILES string of the molecule is CC(C)(C)N(C(=O)O)S(=O)(=O)C1(C)CC1. The van der Waals surface area contributed by atoms with Crippen LogP contribution in [0, 0.1) is 0 Å². The molecule has 1 aliphatic rings. The summed E-state index contributed by atoms with van der Waals surface area (Å²) in [5, 5.41) is 8.98. The summed E-state index contributed by atoms with van der Waals surface area (Å²) in [6, 6.07) is 0. The Morgan fingerprint density at radius 1 is 1.33 bits per heavy atom. The third-order valence-corrected chi connectivity index (χ3v) is 5.44. The molecule has 0 bridgehead atoms. The lowest BCUT2D eigenvalue weighted by Crippen LogP contribution is -2.52. The van der Waals surface area contributed by atoms with Crippen LogP contribution in [0.5, 0.6) is 0 Å². The van der Waals surface area contributed by atoms with Crippen LogP contribution < -0.4 is 0 Å². The molecule has 1 fully saturated rings. The van der Waals surface area contributed by atoms with E-state index in [2.05, 4.69) is 0 Å². The molecule has 1 aliphatic carbocycles. The Balaban J connectivity index is 3.17. The van der Waals surface area contributed by atoms with Gasteiger partial charge in [-0.05, 0) is 40.5 Å². The maximum Gasteiger partial charge on any atom is 0.421 e. The van der Waals surface area contributed by atoms with Gasteiger partial charge in [0.2, 0.25) is 10.0 Å². The zero-order valence-electron chi connectivity index (χ0n) is 9.44. The van der Waals surface area contributed by atoms with Gasteiger partial charge in [0, 0.05) is 0 Å². The summed E-state index contributed by atoms with van der Waals surface area (Å²) in [5.41, 5.74) is -0.934. The molecule has 1 amide bonds. The van der Waals surface area contributed by atoms with Crippen molar-refractivity contribution in [2.45, 2.75) is 50.8 Å². The molecule has 0 heterocycles. The van der Waals surface area contributed by atoms with Gasteiger partial charge in [-0.25, -0.2) is 13.2 Å². The molecule has 0 unspecified atom stereocenters.